The molecule has 1 aromatic rings. The SMILES string of the molecule is CC(=O)N1CCC(NC(=O)CSCc2c(C)noc2C)CC1. The summed E-state index contributed by atoms with van der Waals surface area (Å²) in [5, 5.41) is 6.96. The normalized spacial score (nSPS) is 15.9. The fourth-order valence-electron chi connectivity index (χ4n) is 2.56. The molecule has 2 heterocycles. The van der Waals surface area contributed by atoms with E-state index in [-0.39, 0.29) is 17.9 Å². The Bertz CT molecular complexity index is 517. The molecule has 1 aliphatic heterocycles. The molecule has 1 aliphatic rings. The summed E-state index contributed by atoms with van der Waals surface area (Å²) >= 11 is 1.56. The molecule has 1 N–H and O–H groups in total. The number of nitrogens with one attached hydrogen (secondary N) is 1. The highest BCUT2D eigenvalue weighted by Crippen LogP contribution is 2.19. The van der Waals surface area contributed by atoms with Gasteiger partial charge in [0.25, 0.3) is 0 Å². The van der Waals surface area contributed by atoms with Crippen LogP contribution in [0.1, 0.15) is 36.8 Å². The van der Waals surface area contributed by atoms with Crippen LogP contribution in [0.5, 0.6) is 0 Å². The molecule has 0 atom stereocenters. The Balaban J connectivity index is 1.67. The van der Waals surface area contributed by atoms with Gasteiger partial charge in [-0.25, -0.2) is 0 Å². The predicted octanol–water partition coefficient (Wildman–Crippen LogP) is 1.65. The van der Waals surface area contributed by atoms with Gasteiger partial charge in [0.15, 0.2) is 0 Å². The molecule has 22 heavy (non-hydrogen) atoms. The monoisotopic (exact) mass is 325 g/mol. The average molecular weight is 325 g/mol. The van der Waals surface area contributed by atoms with Crippen molar-refractivity contribution in [1.29, 1.82) is 0 Å². The van der Waals surface area contributed by atoms with E-state index in [4.69, 9.17) is 4.52 Å². The predicted molar refractivity (Wildman–Crippen MR) is 85.6 cm³/mol. The molecular formula is C15H23N3O3S. The Morgan fingerprint density at radius 2 is 2.05 bits per heavy atom. The van der Waals surface area contributed by atoms with Crippen LogP contribution in [0.3, 0.4) is 0 Å². The Labute approximate surface area is 135 Å². The number of nitrogens with zero attached hydrogens (tertiary/aromatic N) is 2. The Hall–Kier alpha value is -1.50. The minimum Gasteiger partial charge on any atom is -0.361 e. The van der Waals surface area contributed by atoms with Crippen molar-refractivity contribution in [3.8, 4) is 0 Å². The van der Waals surface area contributed by atoms with Crippen LogP contribution in [0, 0.1) is 13.8 Å². The number of carbonyl (C=O) groups is 2. The first-order valence-electron chi connectivity index (χ1n) is 7.51. The molecule has 0 aromatic carbocycles. The molecule has 2 amide bonds. The molecule has 0 unspecified atom stereocenters. The van der Waals surface area contributed by atoms with E-state index < -0.39 is 0 Å². The van der Waals surface area contributed by atoms with Gasteiger partial charge in [0.1, 0.15) is 5.76 Å². The lowest BCUT2D eigenvalue weighted by Gasteiger charge is -2.31. The lowest BCUT2D eigenvalue weighted by molar-refractivity contribution is -0.130. The maximum atomic E-state index is 12.0. The first-order chi connectivity index (χ1) is 10.5. The number of aryl methyl sites for hydroxylation is 2. The molecule has 0 radical (unpaired) electrons. The van der Waals surface area contributed by atoms with Gasteiger partial charge in [-0.3, -0.25) is 9.59 Å². The maximum absolute atomic E-state index is 12.0. The van der Waals surface area contributed by atoms with E-state index in [1.807, 2.05) is 18.7 Å². The van der Waals surface area contributed by atoms with Crippen LogP contribution in [-0.4, -0.2) is 46.8 Å². The molecule has 1 saturated heterocycles. The molecule has 1 fully saturated rings. The highest BCUT2D eigenvalue weighted by molar-refractivity contribution is 7.99. The molecule has 0 saturated carbocycles. The highest BCUT2D eigenvalue weighted by atomic mass is 32.2. The largest absolute Gasteiger partial charge is 0.361 e. The number of hydrogen-bond acceptors (Lipinski definition) is 5. The van der Waals surface area contributed by atoms with Gasteiger partial charge in [-0.15, -0.1) is 11.8 Å². The Morgan fingerprint density at radius 3 is 2.59 bits per heavy atom. The van der Waals surface area contributed by atoms with Gasteiger partial charge in [-0.2, -0.15) is 0 Å². The Kier molecular flexibility index (Phi) is 5.88. The zero-order valence-corrected chi connectivity index (χ0v) is 14.2. The fourth-order valence-corrected chi connectivity index (χ4v) is 3.55. The summed E-state index contributed by atoms with van der Waals surface area (Å²) in [4.78, 5) is 25.1. The van der Waals surface area contributed by atoms with Crippen molar-refractivity contribution >= 4 is 23.6 Å². The number of likely N-dealkylation sites (tertiary alicyclic amines) is 1. The molecule has 7 heteroatoms. The maximum Gasteiger partial charge on any atom is 0.230 e. The van der Waals surface area contributed by atoms with E-state index in [1.165, 1.54) is 0 Å². The molecule has 1 aromatic heterocycles. The fraction of sp³-hybridized carbons (Fsp3) is 0.667. The summed E-state index contributed by atoms with van der Waals surface area (Å²) in [6.07, 6.45) is 1.67. The molecule has 2 rings (SSSR count). The van der Waals surface area contributed by atoms with Gasteiger partial charge in [0, 0.05) is 37.4 Å². The number of rotatable bonds is 5. The first kappa shape index (κ1) is 16.9. The second-order valence-electron chi connectivity index (χ2n) is 5.64. The number of thioether (sulfide) groups is 1. The van der Waals surface area contributed by atoms with E-state index in [9.17, 15) is 9.59 Å². The lowest BCUT2D eigenvalue weighted by atomic mass is 10.1. The minimum absolute atomic E-state index is 0.0537. The highest BCUT2D eigenvalue weighted by Gasteiger charge is 2.21. The van der Waals surface area contributed by atoms with Crippen LogP contribution < -0.4 is 5.32 Å². The molecule has 0 spiro atoms. The van der Waals surface area contributed by atoms with Gasteiger partial charge >= 0.3 is 0 Å². The van der Waals surface area contributed by atoms with E-state index in [1.54, 1.807) is 18.7 Å². The summed E-state index contributed by atoms with van der Waals surface area (Å²) in [6.45, 7) is 6.84. The van der Waals surface area contributed by atoms with E-state index >= 15 is 0 Å². The number of piperidine rings is 1. The van der Waals surface area contributed by atoms with Crippen molar-refractivity contribution in [3.63, 3.8) is 0 Å². The van der Waals surface area contributed by atoms with Crippen molar-refractivity contribution in [2.24, 2.45) is 0 Å². The number of amides is 2. The van der Waals surface area contributed by atoms with Crippen LogP contribution in [-0.2, 0) is 15.3 Å². The average Bonchev–Trinajstić information content (AvgIpc) is 2.79. The van der Waals surface area contributed by atoms with Crippen LogP contribution in [0.2, 0.25) is 0 Å². The van der Waals surface area contributed by atoms with Gasteiger partial charge < -0.3 is 14.7 Å². The summed E-state index contributed by atoms with van der Waals surface area (Å²) < 4.78 is 5.11. The van der Waals surface area contributed by atoms with Gasteiger partial charge in [0.2, 0.25) is 11.8 Å². The van der Waals surface area contributed by atoms with E-state index in [0.717, 1.165) is 48.7 Å². The van der Waals surface area contributed by atoms with Crippen LogP contribution in [0.25, 0.3) is 0 Å². The van der Waals surface area contributed by atoms with Gasteiger partial charge in [-0.05, 0) is 26.7 Å². The van der Waals surface area contributed by atoms with E-state index in [2.05, 4.69) is 10.5 Å². The zero-order chi connectivity index (χ0) is 16.1. The van der Waals surface area contributed by atoms with Crippen LogP contribution in [0.4, 0.5) is 0 Å². The number of hydrogen-bond donors (Lipinski definition) is 1. The summed E-state index contributed by atoms with van der Waals surface area (Å²) in [5.41, 5.74) is 1.97. The van der Waals surface area contributed by atoms with Crippen molar-refractivity contribution in [2.75, 3.05) is 18.8 Å². The van der Waals surface area contributed by atoms with Crippen molar-refractivity contribution in [2.45, 2.75) is 45.4 Å². The zero-order valence-electron chi connectivity index (χ0n) is 13.3. The van der Waals surface area contributed by atoms with Crippen molar-refractivity contribution in [1.82, 2.24) is 15.4 Å². The van der Waals surface area contributed by atoms with Crippen LogP contribution in [0.15, 0.2) is 4.52 Å². The second kappa shape index (κ2) is 7.67. The third kappa shape index (κ3) is 4.50. The molecule has 0 aliphatic carbocycles. The number of carbonyl (C=O) groups excluding carboxylic acids is 2. The van der Waals surface area contributed by atoms with Gasteiger partial charge in [-0.1, -0.05) is 5.16 Å². The molecular weight excluding hydrogens is 302 g/mol. The van der Waals surface area contributed by atoms with E-state index in [0.29, 0.717) is 5.75 Å². The third-order valence-corrected chi connectivity index (χ3v) is 4.93. The third-order valence-electron chi connectivity index (χ3n) is 3.97. The Morgan fingerprint density at radius 1 is 1.36 bits per heavy atom. The molecule has 6 nitrogen and oxygen atoms in total. The summed E-state index contributed by atoms with van der Waals surface area (Å²) in [7, 11) is 0. The lowest BCUT2D eigenvalue weighted by Crippen LogP contribution is -2.46. The molecule has 122 valence electrons. The van der Waals surface area contributed by atoms with Crippen LogP contribution >= 0.6 is 11.8 Å². The quantitative estimate of drug-likeness (QED) is 0.891. The second-order valence-corrected chi connectivity index (χ2v) is 6.63. The molecule has 0 bridgehead atoms. The van der Waals surface area contributed by atoms with Gasteiger partial charge in [0.05, 0.1) is 11.4 Å². The number of aromatic nitrogens is 1. The summed E-state index contributed by atoms with van der Waals surface area (Å²) in [6, 6.07) is 0.183. The topological polar surface area (TPSA) is 75.4 Å². The standard InChI is InChI=1S/C15H23N3O3S/c1-10-14(11(2)21-17-10)8-22-9-15(20)16-13-4-6-18(7-5-13)12(3)19/h13H,4-9H2,1-3H3,(H,16,20). The van der Waals surface area contributed by atoms with Crippen molar-refractivity contribution < 1.29 is 14.1 Å². The smallest absolute Gasteiger partial charge is 0.230 e. The van der Waals surface area contributed by atoms with Crippen molar-refractivity contribution in [3.05, 3.63) is 17.0 Å². The summed E-state index contributed by atoms with van der Waals surface area (Å²) in [5.74, 6) is 2.15. The first-order valence-corrected chi connectivity index (χ1v) is 8.67. The minimum atomic E-state index is 0.0537.